The number of nitrogens with one attached hydrogen (secondary N) is 2. The monoisotopic (exact) mass is 273 g/mol. The fraction of sp³-hybridized carbons (Fsp3) is 0.143. The molecule has 1 aromatic carbocycles. The van der Waals surface area contributed by atoms with Gasteiger partial charge in [0.15, 0.2) is 0 Å². The minimum Gasteiger partial charge on any atom is -0.361 e. The number of carbonyl (C=O) groups excluding carboxylic acids is 1. The van der Waals surface area contributed by atoms with Crippen molar-refractivity contribution in [3.05, 3.63) is 58.4 Å². The Morgan fingerprint density at radius 1 is 1.26 bits per heavy atom. The van der Waals surface area contributed by atoms with Crippen molar-refractivity contribution in [1.29, 1.82) is 0 Å². The molecule has 0 bridgehead atoms. The van der Waals surface area contributed by atoms with E-state index in [1.165, 1.54) is 0 Å². The standard InChI is InChI=1S/C14H12ClN3O/c1-8-5-9(7-16-6-8)13-17-11-4-2-3-10(15)12(11)14(19)18-13/h2-7,13,17H,1H3,(H,18,19). The number of carbonyl (C=O) groups is 1. The number of hydrogen-bond donors (Lipinski definition) is 2. The van der Waals surface area contributed by atoms with Gasteiger partial charge in [0.1, 0.15) is 6.17 Å². The summed E-state index contributed by atoms with van der Waals surface area (Å²) in [5.74, 6) is -0.175. The largest absolute Gasteiger partial charge is 0.361 e. The van der Waals surface area contributed by atoms with Crippen molar-refractivity contribution in [3.8, 4) is 0 Å². The molecule has 1 aromatic heterocycles. The van der Waals surface area contributed by atoms with Gasteiger partial charge in [-0.05, 0) is 30.7 Å². The van der Waals surface area contributed by atoms with Crippen LogP contribution in [-0.4, -0.2) is 10.9 Å². The molecule has 0 fully saturated rings. The second-order valence-electron chi connectivity index (χ2n) is 4.51. The van der Waals surface area contributed by atoms with Gasteiger partial charge in [-0.25, -0.2) is 0 Å². The summed E-state index contributed by atoms with van der Waals surface area (Å²) in [5.41, 5.74) is 3.19. The van der Waals surface area contributed by atoms with E-state index >= 15 is 0 Å². The molecule has 1 unspecified atom stereocenters. The number of aromatic nitrogens is 1. The molecular weight excluding hydrogens is 262 g/mol. The van der Waals surface area contributed by atoms with Crippen molar-refractivity contribution in [3.63, 3.8) is 0 Å². The molecule has 1 aliphatic rings. The molecule has 0 spiro atoms. The molecule has 2 heterocycles. The number of rotatable bonds is 1. The molecule has 2 N–H and O–H groups in total. The lowest BCUT2D eigenvalue weighted by Gasteiger charge is -2.28. The Morgan fingerprint density at radius 3 is 2.89 bits per heavy atom. The quantitative estimate of drug-likeness (QED) is 0.840. The normalized spacial score (nSPS) is 17.4. The molecule has 0 saturated carbocycles. The van der Waals surface area contributed by atoms with E-state index in [1.54, 1.807) is 18.5 Å². The van der Waals surface area contributed by atoms with E-state index in [0.29, 0.717) is 10.6 Å². The molecule has 4 nitrogen and oxygen atoms in total. The molecule has 2 aromatic rings. The Balaban J connectivity index is 2.00. The lowest BCUT2D eigenvalue weighted by molar-refractivity contribution is 0.0936. The number of nitrogens with zero attached hydrogens (tertiary/aromatic N) is 1. The fourth-order valence-corrected chi connectivity index (χ4v) is 2.43. The maximum Gasteiger partial charge on any atom is 0.256 e. The maximum absolute atomic E-state index is 12.1. The molecular formula is C14H12ClN3O. The van der Waals surface area contributed by atoms with Gasteiger partial charge in [0.2, 0.25) is 0 Å². The van der Waals surface area contributed by atoms with Crippen LogP contribution in [0.5, 0.6) is 0 Å². The van der Waals surface area contributed by atoms with Gasteiger partial charge in [-0.2, -0.15) is 0 Å². The summed E-state index contributed by atoms with van der Waals surface area (Å²) in [5, 5.41) is 6.59. The van der Waals surface area contributed by atoms with Gasteiger partial charge in [0.05, 0.1) is 16.3 Å². The Morgan fingerprint density at radius 2 is 2.11 bits per heavy atom. The Labute approximate surface area is 115 Å². The van der Waals surface area contributed by atoms with Crippen LogP contribution >= 0.6 is 11.6 Å². The first kappa shape index (κ1) is 12.0. The number of halogens is 1. The van der Waals surface area contributed by atoms with Gasteiger partial charge < -0.3 is 10.6 Å². The summed E-state index contributed by atoms with van der Waals surface area (Å²) < 4.78 is 0. The first-order valence-corrected chi connectivity index (χ1v) is 6.30. The van der Waals surface area contributed by atoms with E-state index in [4.69, 9.17) is 11.6 Å². The second-order valence-corrected chi connectivity index (χ2v) is 4.92. The fourth-order valence-electron chi connectivity index (χ4n) is 2.17. The molecule has 1 atom stereocenters. The summed E-state index contributed by atoms with van der Waals surface area (Å²) in [4.78, 5) is 16.3. The first-order chi connectivity index (χ1) is 9.15. The molecule has 19 heavy (non-hydrogen) atoms. The molecule has 96 valence electrons. The summed E-state index contributed by atoms with van der Waals surface area (Å²) in [7, 11) is 0. The van der Waals surface area contributed by atoms with Crippen LogP contribution in [0.4, 0.5) is 5.69 Å². The molecule has 1 amide bonds. The second kappa shape index (κ2) is 4.55. The Kier molecular flexibility index (Phi) is 2.87. The van der Waals surface area contributed by atoms with E-state index in [2.05, 4.69) is 15.6 Å². The number of benzene rings is 1. The molecule has 0 saturated heterocycles. The summed E-state index contributed by atoms with van der Waals surface area (Å²) in [6.45, 7) is 1.96. The van der Waals surface area contributed by atoms with E-state index in [-0.39, 0.29) is 12.1 Å². The van der Waals surface area contributed by atoms with Crippen LogP contribution in [0.1, 0.15) is 27.7 Å². The summed E-state index contributed by atoms with van der Waals surface area (Å²) in [6.07, 6.45) is 3.23. The highest BCUT2D eigenvalue weighted by atomic mass is 35.5. The topological polar surface area (TPSA) is 54.0 Å². The average Bonchev–Trinajstić information content (AvgIpc) is 2.38. The van der Waals surface area contributed by atoms with Crippen molar-refractivity contribution in [2.24, 2.45) is 0 Å². The third kappa shape index (κ3) is 2.15. The third-order valence-electron chi connectivity index (χ3n) is 3.05. The highest BCUT2D eigenvalue weighted by Crippen LogP contribution is 2.31. The molecule has 0 aliphatic carbocycles. The Hall–Kier alpha value is -2.07. The maximum atomic E-state index is 12.1. The van der Waals surface area contributed by atoms with Crippen LogP contribution < -0.4 is 10.6 Å². The van der Waals surface area contributed by atoms with Crippen LogP contribution in [0.15, 0.2) is 36.7 Å². The van der Waals surface area contributed by atoms with Crippen molar-refractivity contribution in [2.75, 3.05) is 5.32 Å². The number of aryl methyl sites for hydroxylation is 1. The first-order valence-electron chi connectivity index (χ1n) is 5.92. The van der Waals surface area contributed by atoms with Crippen molar-refractivity contribution >= 4 is 23.2 Å². The molecule has 1 aliphatic heterocycles. The highest BCUT2D eigenvalue weighted by molar-refractivity contribution is 6.34. The van der Waals surface area contributed by atoms with Gasteiger partial charge in [0.25, 0.3) is 5.91 Å². The lowest BCUT2D eigenvalue weighted by atomic mass is 10.1. The number of amides is 1. The van der Waals surface area contributed by atoms with Crippen molar-refractivity contribution < 1.29 is 4.79 Å². The van der Waals surface area contributed by atoms with Crippen LogP contribution in [0.25, 0.3) is 0 Å². The molecule has 5 heteroatoms. The van der Waals surface area contributed by atoms with Crippen LogP contribution in [0.2, 0.25) is 5.02 Å². The van der Waals surface area contributed by atoms with Gasteiger partial charge in [0, 0.05) is 18.0 Å². The number of fused-ring (bicyclic) bond motifs is 1. The van der Waals surface area contributed by atoms with Crippen LogP contribution in [-0.2, 0) is 0 Å². The minimum atomic E-state index is -0.286. The third-order valence-corrected chi connectivity index (χ3v) is 3.36. The van der Waals surface area contributed by atoms with Crippen LogP contribution in [0.3, 0.4) is 0 Å². The zero-order valence-electron chi connectivity index (χ0n) is 10.3. The van der Waals surface area contributed by atoms with E-state index in [9.17, 15) is 4.79 Å². The Bertz CT molecular complexity index is 657. The predicted octanol–water partition coefficient (Wildman–Crippen LogP) is 2.90. The molecule has 0 radical (unpaired) electrons. The zero-order valence-corrected chi connectivity index (χ0v) is 11.0. The van der Waals surface area contributed by atoms with E-state index in [1.807, 2.05) is 25.1 Å². The lowest BCUT2D eigenvalue weighted by Crippen LogP contribution is -2.38. The molecule has 3 rings (SSSR count). The van der Waals surface area contributed by atoms with Gasteiger partial charge in [-0.1, -0.05) is 17.7 Å². The smallest absolute Gasteiger partial charge is 0.256 e. The number of hydrogen-bond acceptors (Lipinski definition) is 3. The zero-order chi connectivity index (χ0) is 13.4. The van der Waals surface area contributed by atoms with E-state index in [0.717, 1.165) is 16.8 Å². The summed E-state index contributed by atoms with van der Waals surface area (Å²) >= 11 is 6.04. The van der Waals surface area contributed by atoms with E-state index < -0.39 is 0 Å². The van der Waals surface area contributed by atoms with Crippen LogP contribution in [0, 0.1) is 6.92 Å². The SMILES string of the molecule is Cc1cncc(C2NC(=O)c3c(Cl)cccc3N2)c1. The average molecular weight is 274 g/mol. The predicted molar refractivity (Wildman–Crippen MR) is 74.3 cm³/mol. The van der Waals surface area contributed by atoms with Crippen molar-refractivity contribution in [1.82, 2.24) is 10.3 Å². The van der Waals surface area contributed by atoms with Gasteiger partial charge in [-0.15, -0.1) is 0 Å². The number of pyridine rings is 1. The minimum absolute atomic E-state index is 0.175. The van der Waals surface area contributed by atoms with Gasteiger partial charge >= 0.3 is 0 Å². The number of anilines is 1. The van der Waals surface area contributed by atoms with Gasteiger partial charge in [-0.3, -0.25) is 9.78 Å². The summed E-state index contributed by atoms with van der Waals surface area (Å²) in [6, 6.07) is 7.35. The highest BCUT2D eigenvalue weighted by Gasteiger charge is 2.26. The van der Waals surface area contributed by atoms with Crippen molar-refractivity contribution in [2.45, 2.75) is 13.1 Å².